The van der Waals surface area contributed by atoms with Crippen molar-refractivity contribution in [1.29, 1.82) is 0 Å². The minimum atomic E-state index is -0.458. The Bertz CT molecular complexity index is 717. The molecule has 0 spiro atoms. The van der Waals surface area contributed by atoms with E-state index in [1.54, 1.807) is 23.6 Å². The lowest BCUT2D eigenvalue weighted by Gasteiger charge is -2.13. The first-order valence-corrected chi connectivity index (χ1v) is 8.79. The van der Waals surface area contributed by atoms with Gasteiger partial charge in [-0.25, -0.2) is 4.79 Å². The lowest BCUT2D eigenvalue weighted by Crippen LogP contribution is -2.14. The topological polar surface area (TPSA) is 64.6 Å². The van der Waals surface area contributed by atoms with Crippen molar-refractivity contribution in [2.75, 3.05) is 12.4 Å². The van der Waals surface area contributed by atoms with Crippen molar-refractivity contribution in [3.63, 3.8) is 0 Å². The van der Waals surface area contributed by atoms with Gasteiger partial charge < -0.3 is 14.8 Å². The number of rotatable bonds is 5. The van der Waals surface area contributed by atoms with Crippen LogP contribution in [-0.4, -0.2) is 25.1 Å². The molecular weight excluding hydrogens is 326 g/mol. The van der Waals surface area contributed by atoms with Crippen LogP contribution in [0.1, 0.15) is 45.7 Å². The lowest BCUT2D eigenvalue weighted by molar-refractivity contribution is 0.0607. The summed E-state index contributed by atoms with van der Waals surface area (Å²) in [5.41, 5.74) is 0.971. The summed E-state index contributed by atoms with van der Waals surface area (Å²) in [7, 11) is 1.32. The number of carbonyl (C=O) groups is 2. The monoisotopic (exact) mass is 345 g/mol. The van der Waals surface area contributed by atoms with Crippen molar-refractivity contribution in [1.82, 2.24) is 0 Å². The Morgan fingerprint density at radius 2 is 1.83 bits per heavy atom. The highest BCUT2D eigenvalue weighted by Crippen LogP contribution is 2.26. The first-order chi connectivity index (χ1) is 11.7. The van der Waals surface area contributed by atoms with Crippen LogP contribution in [0.4, 0.5) is 5.69 Å². The number of carbonyl (C=O) groups excluding carboxylic acids is 2. The summed E-state index contributed by atoms with van der Waals surface area (Å²) in [4.78, 5) is 24.4. The van der Waals surface area contributed by atoms with Gasteiger partial charge in [0.05, 0.1) is 18.9 Å². The van der Waals surface area contributed by atoms with Crippen molar-refractivity contribution < 1.29 is 19.1 Å². The van der Waals surface area contributed by atoms with E-state index in [0.29, 0.717) is 16.1 Å². The van der Waals surface area contributed by atoms with Crippen molar-refractivity contribution in [3.05, 3.63) is 46.2 Å². The summed E-state index contributed by atoms with van der Waals surface area (Å²) in [6, 6.07) is 8.75. The fourth-order valence-corrected chi connectivity index (χ4v) is 3.50. The Morgan fingerprint density at radius 3 is 2.50 bits per heavy atom. The van der Waals surface area contributed by atoms with Gasteiger partial charge in [0.2, 0.25) is 0 Å². The summed E-state index contributed by atoms with van der Waals surface area (Å²) < 4.78 is 10.6. The summed E-state index contributed by atoms with van der Waals surface area (Å²) >= 11 is 1.23. The molecule has 0 saturated heterocycles. The van der Waals surface area contributed by atoms with E-state index in [2.05, 4.69) is 5.32 Å². The minimum Gasteiger partial charge on any atom is -0.490 e. The zero-order chi connectivity index (χ0) is 16.9. The van der Waals surface area contributed by atoms with Gasteiger partial charge in [-0.2, -0.15) is 0 Å². The second-order valence-corrected chi connectivity index (χ2v) is 6.57. The molecule has 1 amide bonds. The molecule has 1 saturated carbocycles. The first kappa shape index (κ1) is 16.5. The summed E-state index contributed by atoms with van der Waals surface area (Å²) in [6.07, 6.45) is 4.91. The van der Waals surface area contributed by atoms with E-state index in [4.69, 9.17) is 9.47 Å². The molecule has 6 heteroatoms. The van der Waals surface area contributed by atoms with Gasteiger partial charge in [0.15, 0.2) is 0 Å². The Hall–Kier alpha value is -2.34. The molecule has 0 aliphatic heterocycles. The number of amides is 1. The Morgan fingerprint density at radius 1 is 1.12 bits per heavy atom. The van der Waals surface area contributed by atoms with E-state index in [-0.39, 0.29) is 12.0 Å². The maximum atomic E-state index is 12.3. The second-order valence-electron chi connectivity index (χ2n) is 5.66. The zero-order valence-electron chi connectivity index (χ0n) is 13.4. The van der Waals surface area contributed by atoms with Crippen molar-refractivity contribution in [2.24, 2.45) is 0 Å². The molecule has 2 aromatic rings. The number of methoxy groups -OCH3 is 1. The molecule has 1 aliphatic carbocycles. The van der Waals surface area contributed by atoms with Gasteiger partial charge in [0.25, 0.3) is 5.91 Å². The van der Waals surface area contributed by atoms with Gasteiger partial charge >= 0.3 is 5.97 Å². The molecule has 0 atom stereocenters. The summed E-state index contributed by atoms with van der Waals surface area (Å²) in [5, 5.41) is 4.48. The number of esters is 1. The van der Waals surface area contributed by atoms with Crippen LogP contribution in [0.25, 0.3) is 0 Å². The molecule has 0 radical (unpaired) electrons. The van der Waals surface area contributed by atoms with E-state index in [0.717, 1.165) is 18.6 Å². The highest BCUT2D eigenvalue weighted by Gasteiger charge is 2.18. The Labute approximate surface area is 144 Å². The molecule has 1 aromatic heterocycles. The number of ether oxygens (including phenoxy) is 2. The Kier molecular flexibility index (Phi) is 5.15. The van der Waals surface area contributed by atoms with Crippen molar-refractivity contribution in [3.8, 4) is 5.75 Å². The number of thiophene rings is 1. The molecule has 0 unspecified atom stereocenters. The van der Waals surface area contributed by atoms with Crippen LogP contribution < -0.4 is 10.1 Å². The van der Waals surface area contributed by atoms with Crippen LogP contribution in [0.5, 0.6) is 5.75 Å². The van der Waals surface area contributed by atoms with Crippen LogP contribution >= 0.6 is 11.3 Å². The van der Waals surface area contributed by atoms with Crippen LogP contribution in [-0.2, 0) is 4.74 Å². The maximum absolute atomic E-state index is 12.3. The highest BCUT2D eigenvalue weighted by atomic mass is 32.1. The van der Waals surface area contributed by atoms with E-state index in [9.17, 15) is 9.59 Å². The molecule has 1 heterocycles. The number of anilines is 1. The molecule has 1 fully saturated rings. The third kappa shape index (κ3) is 3.76. The number of nitrogens with one attached hydrogen (secondary N) is 1. The number of hydrogen-bond donors (Lipinski definition) is 1. The smallest absolute Gasteiger partial charge is 0.350 e. The zero-order valence-corrected chi connectivity index (χ0v) is 14.2. The summed E-state index contributed by atoms with van der Waals surface area (Å²) in [6.45, 7) is 0. The van der Waals surface area contributed by atoms with E-state index < -0.39 is 5.97 Å². The molecule has 5 nitrogen and oxygen atoms in total. The van der Waals surface area contributed by atoms with Crippen molar-refractivity contribution >= 4 is 28.9 Å². The lowest BCUT2D eigenvalue weighted by atomic mass is 10.2. The standard InChI is InChI=1S/C18H19NO4S/c1-22-18(21)16-15(10-11-24-16)19-17(20)12-6-8-14(9-7-12)23-13-4-2-3-5-13/h6-11,13H,2-5H2,1H3,(H,19,20). The van der Waals surface area contributed by atoms with Gasteiger partial charge in [-0.15, -0.1) is 11.3 Å². The molecule has 24 heavy (non-hydrogen) atoms. The predicted octanol–water partition coefficient (Wildman–Crippen LogP) is 4.11. The fourth-order valence-electron chi connectivity index (χ4n) is 2.74. The second kappa shape index (κ2) is 7.49. The van der Waals surface area contributed by atoms with Crippen molar-refractivity contribution in [2.45, 2.75) is 31.8 Å². The molecule has 1 aliphatic rings. The molecule has 1 aromatic carbocycles. The molecule has 1 N–H and O–H groups in total. The average molecular weight is 345 g/mol. The predicted molar refractivity (Wildman–Crippen MR) is 92.9 cm³/mol. The molecule has 3 rings (SSSR count). The van der Waals surface area contributed by atoms with Gasteiger partial charge in [-0.05, 0) is 61.4 Å². The average Bonchev–Trinajstić information content (AvgIpc) is 3.26. The van der Waals surface area contributed by atoms with E-state index >= 15 is 0 Å². The third-order valence-electron chi connectivity index (χ3n) is 4.01. The maximum Gasteiger partial charge on any atom is 0.350 e. The first-order valence-electron chi connectivity index (χ1n) is 7.91. The fraction of sp³-hybridized carbons (Fsp3) is 0.333. The quantitative estimate of drug-likeness (QED) is 0.828. The van der Waals surface area contributed by atoms with Crippen LogP contribution in [0.2, 0.25) is 0 Å². The molecule has 126 valence electrons. The summed E-state index contributed by atoms with van der Waals surface area (Å²) in [5.74, 6) is 0.0517. The largest absolute Gasteiger partial charge is 0.490 e. The van der Waals surface area contributed by atoms with Gasteiger partial charge in [-0.1, -0.05) is 0 Å². The van der Waals surface area contributed by atoms with Gasteiger partial charge in [0, 0.05) is 5.56 Å². The van der Waals surface area contributed by atoms with Crippen LogP contribution in [0, 0.1) is 0 Å². The number of hydrogen-bond acceptors (Lipinski definition) is 5. The number of benzene rings is 1. The Balaban J connectivity index is 1.65. The highest BCUT2D eigenvalue weighted by molar-refractivity contribution is 7.12. The van der Waals surface area contributed by atoms with E-state index in [1.165, 1.54) is 31.3 Å². The SMILES string of the molecule is COC(=O)c1sccc1NC(=O)c1ccc(OC2CCCC2)cc1. The van der Waals surface area contributed by atoms with Crippen LogP contribution in [0.3, 0.4) is 0 Å². The van der Waals surface area contributed by atoms with Gasteiger partial charge in [0.1, 0.15) is 10.6 Å². The molecule has 0 bridgehead atoms. The molecular formula is C18H19NO4S. The van der Waals surface area contributed by atoms with E-state index in [1.807, 2.05) is 12.1 Å². The van der Waals surface area contributed by atoms with Gasteiger partial charge in [-0.3, -0.25) is 4.79 Å². The normalized spacial score (nSPS) is 14.4. The minimum absolute atomic E-state index is 0.272. The van der Waals surface area contributed by atoms with Crippen LogP contribution in [0.15, 0.2) is 35.7 Å². The third-order valence-corrected chi connectivity index (χ3v) is 4.90.